The summed E-state index contributed by atoms with van der Waals surface area (Å²) in [7, 11) is 3.74. The molecule has 0 amide bonds. The van der Waals surface area contributed by atoms with Crippen molar-refractivity contribution in [1.82, 2.24) is 10.1 Å². The topological polar surface area (TPSA) is 46.3 Å². The first kappa shape index (κ1) is 13.8. The number of benzene rings is 1. The van der Waals surface area contributed by atoms with Gasteiger partial charge < -0.3 is 4.52 Å². The minimum absolute atomic E-state index is 0.0385. The Kier molecular flexibility index (Phi) is 4.39. The highest BCUT2D eigenvalue weighted by atomic mass is 32.2. The molecule has 0 bridgehead atoms. The van der Waals surface area contributed by atoms with E-state index in [-0.39, 0.29) is 11.2 Å². The average molecular weight is 276 g/mol. The number of ketones is 1. The van der Waals surface area contributed by atoms with Crippen LogP contribution in [0.3, 0.4) is 0 Å². The van der Waals surface area contributed by atoms with Crippen LogP contribution in [0.2, 0.25) is 0 Å². The van der Waals surface area contributed by atoms with Gasteiger partial charge in [-0.2, -0.15) is 0 Å². The van der Waals surface area contributed by atoms with Gasteiger partial charge in [0.15, 0.2) is 11.5 Å². The Hall–Kier alpha value is -1.59. The number of aromatic nitrogens is 1. The van der Waals surface area contributed by atoms with E-state index in [0.717, 1.165) is 5.56 Å². The molecule has 0 aliphatic heterocycles. The molecular formula is C14H16N2O2S. The van der Waals surface area contributed by atoms with Gasteiger partial charge in [0.05, 0.1) is 0 Å². The summed E-state index contributed by atoms with van der Waals surface area (Å²) in [5.74, 6) is 0.575. The number of nitrogens with zero attached hydrogens (tertiary/aromatic N) is 2. The van der Waals surface area contributed by atoms with E-state index in [4.69, 9.17) is 4.52 Å². The molecule has 0 N–H and O–H groups in total. The van der Waals surface area contributed by atoms with Crippen LogP contribution in [0.1, 0.15) is 10.5 Å². The molecule has 1 aromatic carbocycles. The number of rotatable bonds is 5. The van der Waals surface area contributed by atoms with E-state index in [1.54, 1.807) is 6.07 Å². The number of Topliss-reactive ketones (excluding diaryl/α,β-unsaturated/α-hetero) is 1. The Bertz CT molecular complexity index is 552. The second-order valence-corrected chi connectivity index (χ2v) is 5.28. The predicted octanol–water partition coefficient (Wildman–Crippen LogP) is 2.78. The smallest absolute Gasteiger partial charge is 0.211 e. The lowest BCUT2D eigenvalue weighted by Crippen LogP contribution is -2.32. The van der Waals surface area contributed by atoms with E-state index in [2.05, 4.69) is 5.16 Å². The molecule has 0 spiro atoms. The summed E-state index contributed by atoms with van der Waals surface area (Å²) in [4.78, 5) is 14.1. The van der Waals surface area contributed by atoms with Crippen molar-refractivity contribution in [2.24, 2.45) is 0 Å². The minimum atomic E-state index is -0.242. The van der Waals surface area contributed by atoms with Gasteiger partial charge in [-0.1, -0.05) is 35.5 Å². The van der Waals surface area contributed by atoms with E-state index in [1.807, 2.05) is 55.6 Å². The van der Waals surface area contributed by atoms with Gasteiger partial charge in [0, 0.05) is 11.6 Å². The lowest BCUT2D eigenvalue weighted by atomic mass is 10.1. The molecule has 4 nitrogen and oxygen atoms in total. The quantitative estimate of drug-likeness (QED) is 0.620. The zero-order chi connectivity index (χ0) is 13.8. The number of hydrogen-bond acceptors (Lipinski definition) is 5. The fraction of sp³-hybridized carbons (Fsp3) is 0.286. The Labute approximate surface area is 116 Å². The van der Waals surface area contributed by atoms with Crippen LogP contribution in [0, 0.1) is 0 Å². The van der Waals surface area contributed by atoms with Crippen LogP contribution in [0.5, 0.6) is 0 Å². The molecule has 1 heterocycles. The molecule has 0 aliphatic rings. The molecular weight excluding hydrogens is 260 g/mol. The number of carbonyl (C=O) groups excluding carboxylic acids is 1. The normalized spacial score (nSPS) is 12.6. The molecule has 0 aliphatic carbocycles. The summed E-state index contributed by atoms with van der Waals surface area (Å²) < 4.78 is 5.25. The highest BCUT2D eigenvalue weighted by Gasteiger charge is 2.24. The third-order valence-corrected chi connectivity index (χ3v) is 3.82. The first-order valence-corrected chi connectivity index (χ1v) is 7.18. The fourth-order valence-electron chi connectivity index (χ4n) is 1.81. The molecule has 100 valence electrons. The summed E-state index contributed by atoms with van der Waals surface area (Å²) in [6.45, 7) is 0. The first-order chi connectivity index (χ1) is 9.13. The maximum atomic E-state index is 12.3. The molecule has 1 aromatic heterocycles. The largest absolute Gasteiger partial charge is 0.356 e. The van der Waals surface area contributed by atoms with E-state index in [9.17, 15) is 4.79 Å². The summed E-state index contributed by atoms with van der Waals surface area (Å²) in [5.41, 5.74) is 1.28. The molecule has 0 saturated heterocycles. The van der Waals surface area contributed by atoms with E-state index in [0.29, 0.717) is 11.5 Å². The van der Waals surface area contributed by atoms with Crippen molar-refractivity contribution in [2.45, 2.75) is 5.37 Å². The van der Waals surface area contributed by atoms with Crippen molar-refractivity contribution >= 4 is 17.5 Å². The summed E-state index contributed by atoms with van der Waals surface area (Å²) in [6.07, 6.45) is 1.90. The lowest BCUT2D eigenvalue weighted by molar-refractivity contribution is 0.0929. The number of thioether (sulfide) groups is 1. The van der Waals surface area contributed by atoms with Crippen molar-refractivity contribution in [3.8, 4) is 11.3 Å². The molecule has 0 saturated carbocycles. The van der Waals surface area contributed by atoms with Crippen LogP contribution in [0.4, 0.5) is 0 Å². The SMILES string of the molecule is CSC(C(=O)c1cc(-c2ccccc2)on1)N(C)C. The Balaban J connectivity index is 2.24. The van der Waals surface area contributed by atoms with E-state index >= 15 is 0 Å². The van der Waals surface area contributed by atoms with Crippen LogP contribution in [-0.4, -0.2) is 41.6 Å². The molecule has 1 atom stereocenters. The van der Waals surface area contributed by atoms with Crippen molar-refractivity contribution < 1.29 is 9.32 Å². The van der Waals surface area contributed by atoms with Crippen LogP contribution < -0.4 is 0 Å². The summed E-state index contributed by atoms with van der Waals surface area (Å²) in [5, 5.41) is 3.64. The standard InChI is InChI=1S/C14H16N2O2S/c1-16(2)14(19-3)13(17)11-9-12(18-15-11)10-7-5-4-6-8-10/h4-9,14H,1-3H3. The zero-order valence-electron chi connectivity index (χ0n) is 11.2. The van der Waals surface area contributed by atoms with Crippen LogP contribution in [0.25, 0.3) is 11.3 Å². The highest BCUT2D eigenvalue weighted by molar-refractivity contribution is 7.99. The number of likely N-dealkylation sites (N-methyl/N-ethyl adjacent to an activating group) is 1. The molecule has 0 radical (unpaired) electrons. The lowest BCUT2D eigenvalue weighted by Gasteiger charge is -2.19. The number of carbonyl (C=O) groups is 1. The Morgan fingerprint density at radius 2 is 2.00 bits per heavy atom. The maximum absolute atomic E-state index is 12.3. The third-order valence-electron chi connectivity index (χ3n) is 2.74. The second kappa shape index (κ2) is 6.04. The van der Waals surface area contributed by atoms with Crippen molar-refractivity contribution in [3.63, 3.8) is 0 Å². The Morgan fingerprint density at radius 1 is 1.32 bits per heavy atom. The van der Waals surface area contributed by atoms with E-state index < -0.39 is 0 Å². The molecule has 5 heteroatoms. The van der Waals surface area contributed by atoms with Gasteiger partial charge in [-0.05, 0) is 20.4 Å². The monoisotopic (exact) mass is 276 g/mol. The second-order valence-electron chi connectivity index (χ2n) is 4.36. The van der Waals surface area contributed by atoms with Gasteiger partial charge >= 0.3 is 0 Å². The molecule has 2 rings (SSSR count). The minimum Gasteiger partial charge on any atom is -0.356 e. The van der Waals surface area contributed by atoms with Crippen LogP contribution in [-0.2, 0) is 0 Å². The molecule has 1 unspecified atom stereocenters. The van der Waals surface area contributed by atoms with Gasteiger partial charge in [-0.15, -0.1) is 11.8 Å². The van der Waals surface area contributed by atoms with Crippen LogP contribution in [0.15, 0.2) is 40.9 Å². The summed E-state index contributed by atoms with van der Waals surface area (Å²) >= 11 is 1.48. The van der Waals surface area contributed by atoms with E-state index in [1.165, 1.54) is 11.8 Å². The maximum Gasteiger partial charge on any atom is 0.211 e. The van der Waals surface area contributed by atoms with Gasteiger partial charge in [-0.3, -0.25) is 9.69 Å². The van der Waals surface area contributed by atoms with Crippen molar-refractivity contribution in [1.29, 1.82) is 0 Å². The highest BCUT2D eigenvalue weighted by Crippen LogP contribution is 2.22. The molecule has 0 fully saturated rings. The predicted molar refractivity (Wildman–Crippen MR) is 77.3 cm³/mol. The Morgan fingerprint density at radius 3 is 2.58 bits per heavy atom. The molecule has 2 aromatic rings. The first-order valence-electron chi connectivity index (χ1n) is 5.89. The fourth-order valence-corrected chi connectivity index (χ4v) is 2.57. The van der Waals surface area contributed by atoms with Crippen LogP contribution >= 0.6 is 11.8 Å². The number of hydrogen-bond donors (Lipinski definition) is 0. The molecule has 19 heavy (non-hydrogen) atoms. The summed E-state index contributed by atoms with van der Waals surface area (Å²) in [6, 6.07) is 11.3. The van der Waals surface area contributed by atoms with Crippen molar-refractivity contribution in [2.75, 3.05) is 20.4 Å². The van der Waals surface area contributed by atoms with Gasteiger partial charge in [0.1, 0.15) is 5.37 Å². The van der Waals surface area contributed by atoms with Crippen molar-refractivity contribution in [3.05, 3.63) is 42.1 Å². The van der Waals surface area contributed by atoms with Gasteiger partial charge in [0.25, 0.3) is 0 Å². The average Bonchev–Trinajstić information content (AvgIpc) is 2.89. The third kappa shape index (κ3) is 3.05. The van der Waals surface area contributed by atoms with Gasteiger partial charge in [-0.25, -0.2) is 0 Å². The zero-order valence-corrected chi connectivity index (χ0v) is 12.0. The van der Waals surface area contributed by atoms with Gasteiger partial charge in [0.2, 0.25) is 5.78 Å².